The summed E-state index contributed by atoms with van der Waals surface area (Å²) in [7, 11) is 0. The molecule has 1 N–H and O–H groups in total. The highest BCUT2D eigenvalue weighted by Gasteiger charge is 2.12. The molecule has 18 heavy (non-hydrogen) atoms. The quantitative estimate of drug-likeness (QED) is 0.835. The van der Waals surface area contributed by atoms with Crippen LogP contribution in [-0.2, 0) is 0 Å². The lowest BCUT2D eigenvalue weighted by Gasteiger charge is -2.21. The fraction of sp³-hybridized carbons (Fsp3) is 0.250. The standard InChI is InChI=1S/C16H18ClN/c1-12(14-8-4-3-5-9-14)18-13(2)15-10-6-7-11-16(15)17/h3-13,18H,1-2H3/t12?,13-/m0/s1. The van der Waals surface area contributed by atoms with Gasteiger partial charge in [0, 0.05) is 17.1 Å². The topological polar surface area (TPSA) is 12.0 Å². The van der Waals surface area contributed by atoms with Crippen LogP contribution in [0, 0.1) is 0 Å². The molecule has 0 spiro atoms. The van der Waals surface area contributed by atoms with Gasteiger partial charge in [0.1, 0.15) is 0 Å². The third-order valence-corrected chi connectivity index (χ3v) is 3.52. The van der Waals surface area contributed by atoms with Crippen LogP contribution in [0.4, 0.5) is 0 Å². The molecule has 0 aliphatic heterocycles. The summed E-state index contributed by atoms with van der Waals surface area (Å²) in [5, 5.41) is 4.39. The van der Waals surface area contributed by atoms with Gasteiger partial charge in [-0.3, -0.25) is 0 Å². The minimum atomic E-state index is 0.230. The molecular formula is C16H18ClN. The molecule has 94 valence electrons. The maximum Gasteiger partial charge on any atom is 0.0453 e. The van der Waals surface area contributed by atoms with Crippen molar-refractivity contribution in [3.05, 3.63) is 70.7 Å². The van der Waals surface area contributed by atoms with Gasteiger partial charge in [-0.2, -0.15) is 0 Å². The molecule has 0 aliphatic rings. The zero-order chi connectivity index (χ0) is 13.0. The zero-order valence-corrected chi connectivity index (χ0v) is 11.5. The molecule has 2 aromatic carbocycles. The van der Waals surface area contributed by atoms with E-state index in [1.54, 1.807) is 0 Å². The summed E-state index contributed by atoms with van der Waals surface area (Å²) < 4.78 is 0. The molecule has 0 saturated carbocycles. The molecule has 2 atom stereocenters. The highest BCUT2D eigenvalue weighted by molar-refractivity contribution is 6.31. The second-order valence-electron chi connectivity index (χ2n) is 4.54. The first-order chi connectivity index (χ1) is 8.68. The number of benzene rings is 2. The lowest BCUT2D eigenvalue weighted by atomic mass is 10.0. The van der Waals surface area contributed by atoms with E-state index in [-0.39, 0.29) is 6.04 Å². The smallest absolute Gasteiger partial charge is 0.0453 e. The van der Waals surface area contributed by atoms with Gasteiger partial charge in [-0.15, -0.1) is 0 Å². The fourth-order valence-corrected chi connectivity index (χ4v) is 2.43. The average Bonchev–Trinajstić information content (AvgIpc) is 2.40. The van der Waals surface area contributed by atoms with E-state index in [2.05, 4.69) is 49.5 Å². The SMILES string of the molecule is CC(N[C@@H](C)c1ccccc1Cl)c1ccccc1. The van der Waals surface area contributed by atoms with E-state index in [0.717, 1.165) is 10.6 Å². The summed E-state index contributed by atoms with van der Waals surface area (Å²) in [4.78, 5) is 0. The molecular weight excluding hydrogens is 242 g/mol. The largest absolute Gasteiger partial charge is 0.304 e. The zero-order valence-electron chi connectivity index (χ0n) is 10.7. The molecule has 2 rings (SSSR count). The van der Waals surface area contributed by atoms with Crippen LogP contribution in [0.2, 0.25) is 5.02 Å². The second kappa shape index (κ2) is 6.03. The van der Waals surface area contributed by atoms with Gasteiger partial charge in [0.2, 0.25) is 0 Å². The number of hydrogen-bond acceptors (Lipinski definition) is 1. The van der Waals surface area contributed by atoms with Crippen LogP contribution in [-0.4, -0.2) is 0 Å². The van der Waals surface area contributed by atoms with Gasteiger partial charge in [0.25, 0.3) is 0 Å². The Kier molecular flexibility index (Phi) is 4.40. The Bertz CT molecular complexity index is 495. The summed E-state index contributed by atoms with van der Waals surface area (Å²) >= 11 is 6.21. The van der Waals surface area contributed by atoms with E-state index in [4.69, 9.17) is 11.6 Å². The minimum Gasteiger partial charge on any atom is -0.304 e. The summed E-state index contributed by atoms with van der Waals surface area (Å²) in [5.41, 5.74) is 2.43. The van der Waals surface area contributed by atoms with Crippen molar-refractivity contribution in [3.63, 3.8) is 0 Å². The van der Waals surface area contributed by atoms with Crippen LogP contribution in [0.5, 0.6) is 0 Å². The Labute approximate surface area is 114 Å². The molecule has 2 heteroatoms. The molecule has 0 bridgehead atoms. The summed E-state index contributed by atoms with van der Waals surface area (Å²) in [6.45, 7) is 4.31. The van der Waals surface area contributed by atoms with Crippen LogP contribution < -0.4 is 5.32 Å². The molecule has 0 heterocycles. The average molecular weight is 260 g/mol. The fourth-order valence-electron chi connectivity index (χ4n) is 2.13. The number of halogens is 1. The number of nitrogens with one attached hydrogen (secondary N) is 1. The molecule has 0 aromatic heterocycles. The highest BCUT2D eigenvalue weighted by Crippen LogP contribution is 2.24. The van der Waals surface area contributed by atoms with Crippen molar-refractivity contribution in [2.24, 2.45) is 0 Å². The molecule has 2 aromatic rings. The Hall–Kier alpha value is -1.31. The predicted octanol–water partition coefficient (Wildman–Crippen LogP) is 4.75. The van der Waals surface area contributed by atoms with Crippen LogP contribution in [0.25, 0.3) is 0 Å². The summed E-state index contributed by atoms with van der Waals surface area (Å²) in [6.07, 6.45) is 0. The van der Waals surface area contributed by atoms with E-state index in [1.807, 2.05) is 24.3 Å². The van der Waals surface area contributed by atoms with Crippen LogP contribution >= 0.6 is 11.6 Å². The molecule has 0 fully saturated rings. The van der Waals surface area contributed by atoms with Crippen molar-refractivity contribution in [3.8, 4) is 0 Å². The van der Waals surface area contributed by atoms with Crippen LogP contribution in [0.3, 0.4) is 0 Å². The van der Waals surface area contributed by atoms with Crippen LogP contribution in [0.15, 0.2) is 54.6 Å². The van der Waals surface area contributed by atoms with Crippen molar-refractivity contribution in [2.75, 3.05) is 0 Å². The van der Waals surface area contributed by atoms with Gasteiger partial charge in [-0.1, -0.05) is 60.1 Å². The van der Waals surface area contributed by atoms with Gasteiger partial charge in [-0.25, -0.2) is 0 Å². The number of rotatable bonds is 4. The molecule has 0 radical (unpaired) electrons. The van der Waals surface area contributed by atoms with Crippen molar-refractivity contribution in [1.29, 1.82) is 0 Å². The predicted molar refractivity (Wildman–Crippen MR) is 77.9 cm³/mol. The first-order valence-electron chi connectivity index (χ1n) is 6.24. The van der Waals surface area contributed by atoms with Crippen molar-refractivity contribution in [2.45, 2.75) is 25.9 Å². The lowest BCUT2D eigenvalue weighted by Crippen LogP contribution is -2.22. The Balaban J connectivity index is 2.08. The third-order valence-electron chi connectivity index (χ3n) is 3.17. The Morgan fingerprint density at radius 2 is 1.44 bits per heavy atom. The molecule has 0 aliphatic carbocycles. The van der Waals surface area contributed by atoms with Gasteiger partial charge < -0.3 is 5.32 Å². The first kappa shape index (κ1) is 13.1. The van der Waals surface area contributed by atoms with Crippen molar-refractivity contribution in [1.82, 2.24) is 5.32 Å². The Morgan fingerprint density at radius 3 is 2.11 bits per heavy atom. The van der Waals surface area contributed by atoms with E-state index >= 15 is 0 Å². The minimum absolute atomic E-state index is 0.230. The molecule has 0 saturated heterocycles. The Morgan fingerprint density at radius 1 is 0.833 bits per heavy atom. The van der Waals surface area contributed by atoms with Crippen LogP contribution in [0.1, 0.15) is 37.1 Å². The van der Waals surface area contributed by atoms with E-state index in [1.165, 1.54) is 5.56 Å². The van der Waals surface area contributed by atoms with E-state index in [0.29, 0.717) is 6.04 Å². The second-order valence-corrected chi connectivity index (χ2v) is 4.95. The first-order valence-corrected chi connectivity index (χ1v) is 6.61. The van der Waals surface area contributed by atoms with Gasteiger partial charge in [0.15, 0.2) is 0 Å². The maximum absolute atomic E-state index is 6.21. The van der Waals surface area contributed by atoms with Gasteiger partial charge in [-0.05, 0) is 31.0 Å². The highest BCUT2D eigenvalue weighted by atomic mass is 35.5. The van der Waals surface area contributed by atoms with E-state index in [9.17, 15) is 0 Å². The van der Waals surface area contributed by atoms with Gasteiger partial charge >= 0.3 is 0 Å². The number of hydrogen-bond donors (Lipinski definition) is 1. The monoisotopic (exact) mass is 259 g/mol. The van der Waals surface area contributed by atoms with Gasteiger partial charge in [0.05, 0.1) is 0 Å². The van der Waals surface area contributed by atoms with E-state index < -0.39 is 0 Å². The summed E-state index contributed by atoms with van der Waals surface area (Å²) in [6, 6.07) is 18.9. The normalized spacial score (nSPS) is 14.2. The third kappa shape index (κ3) is 3.12. The van der Waals surface area contributed by atoms with Crippen molar-refractivity contribution < 1.29 is 0 Å². The maximum atomic E-state index is 6.21. The molecule has 1 nitrogen and oxygen atoms in total. The molecule has 1 unspecified atom stereocenters. The summed E-state index contributed by atoms with van der Waals surface area (Å²) in [5.74, 6) is 0. The lowest BCUT2D eigenvalue weighted by molar-refractivity contribution is 0.495. The molecule has 0 amide bonds. The van der Waals surface area contributed by atoms with Crippen molar-refractivity contribution >= 4 is 11.6 Å².